The van der Waals surface area contributed by atoms with E-state index in [0.717, 1.165) is 19.5 Å². The van der Waals surface area contributed by atoms with Crippen LogP contribution in [-0.2, 0) is 4.79 Å². The first-order valence-corrected chi connectivity index (χ1v) is 6.16. The van der Waals surface area contributed by atoms with Gasteiger partial charge in [-0.05, 0) is 32.4 Å². The lowest BCUT2D eigenvalue weighted by Crippen LogP contribution is -2.41. The molecule has 1 aromatic rings. The van der Waals surface area contributed by atoms with Gasteiger partial charge in [0.15, 0.2) is 0 Å². The van der Waals surface area contributed by atoms with Crippen molar-refractivity contribution in [3.8, 4) is 0 Å². The number of nitrogens with one attached hydrogen (secondary N) is 1. The Labute approximate surface area is 102 Å². The van der Waals surface area contributed by atoms with E-state index in [4.69, 9.17) is 0 Å². The number of nitrogens with zero attached hydrogens (tertiary/aromatic N) is 3. The Morgan fingerprint density at radius 1 is 1.71 bits per heavy atom. The van der Waals surface area contributed by atoms with E-state index < -0.39 is 0 Å². The maximum atomic E-state index is 12.2. The monoisotopic (exact) mass is 236 g/mol. The van der Waals surface area contributed by atoms with Gasteiger partial charge in [-0.15, -0.1) is 0 Å². The standard InChI is InChI=1S/C12H20N4O/c1-10(16-8-4-7-14-16)12(17)15(2)9-11-5-3-6-13-11/h4,7-8,10-11,13H,3,5-6,9H2,1-2H3. The molecule has 1 N–H and O–H groups in total. The van der Waals surface area contributed by atoms with Gasteiger partial charge in [-0.3, -0.25) is 9.48 Å². The van der Waals surface area contributed by atoms with Gasteiger partial charge < -0.3 is 10.2 Å². The first-order chi connectivity index (χ1) is 8.18. The molecule has 1 aromatic heterocycles. The van der Waals surface area contributed by atoms with Crippen molar-refractivity contribution >= 4 is 5.91 Å². The van der Waals surface area contributed by atoms with Gasteiger partial charge in [-0.2, -0.15) is 5.10 Å². The van der Waals surface area contributed by atoms with Crippen LogP contribution in [0.5, 0.6) is 0 Å². The van der Waals surface area contributed by atoms with Gasteiger partial charge in [0.2, 0.25) is 5.91 Å². The maximum Gasteiger partial charge on any atom is 0.246 e. The van der Waals surface area contributed by atoms with Crippen LogP contribution in [0.1, 0.15) is 25.8 Å². The van der Waals surface area contributed by atoms with E-state index in [1.165, 1.54) is 6.42 Å². The van der Waals surface area contributed by atoms with Gasteiger partial charge >= 0.3 is 0 Å². The molecule has 0 spiro atoms. The fourth-order valence-corrected chi connectivity index (χ4v) is 2.27. The number of carbonyl (C=O) groups is 1. The van der Waals surface area contributed by atoms with Crippen molar-refractivity contribution in [3.05, 3.63) is 18.5 Å². The van der Waals surface area contributed by atoms with E-state index in [9.17, 15) is 4.79 Å². The number of hydrogen-bond donors (Lipinski definition) is 1. The molecule has 5 nitrogen and oxygen atoms in total. The molecule has 1 amide bonds. The summed E-state index contributed by atoms with van der Waals surface area (Å²) in [5.41, 5.74) is 0. The van der Waals surface area contributed by atoms with Crippen LogP contribution in [0.15, 0.2) is 18.5 Å². The molecule has 2 unspecified atom stereocenters. The van der Waals surface area contributed by atoms with Gasteiger partial charge in [0.05, 0.1) is 0 Å². The zero-order chi connectivity index (χ0) is 12.3. The van der Waals surface area contributed by atoms with Crippen molar-refractivity contribution in [2.45, 2.75) is 31.8 Å². The lowest BCUT2D eigenvalue weighted by Gasteiger charge is -2.24. The SMILES string of the molecule is CC(C(=O)N(C)CC1CCCN1)n1cccn1. The second-order valence-electron chi connectivity index (χ2n) is 4.67. The van der Waals surface area contributed by atoms with E-state index in [0.29, 0.717) is 6.04 Å². The summed E-state index contributed by atoms with van der Waals surface area (Å²) in [6.45, 7) is 3.74. The second-order valence-corrected chi connectivity index (χ2v) is 4.67. The minimum atomic E-state index is -0.226. The fraction of sp³-hybridized carbons (Fsp3) is 0.667. The molecule has 5 heteroatoms. The number of rotatable bonds is 4. The molecule has 2 heterocycles. The molecule has 0 radical (unpaired) electrons. The highest BCUT2D eigenvalue weighted by Crippen LogP contribution is 2.11. The summed E-state index contributed by atoms with van der Waals surface area (Å²) in [5, 5.41) is 7.50. The lowest BCUT2D eigenvalue weighted by atomic mass is 10.2. The average molecular weight is 236 g/mol. The molecule has 1 aliphatic heterocycles. The predicted octanol–water partition coefficient (Wildman–Crippen LogP) is 0.654. The predicted molar refractivity (Wildman–Crippen MR) is 65.6 cm³/mol. The van der Waals surface area contributed by atoms with E-state index in [1.54, 1.807) is 15.8 Å². The number of likely N-dealkylation sites (N-methyl/N-ethyl adjacent to an activating group) is 1. The Hall–Kier alpha value is -1.36. The van der Waals surface area contributed by atoms with Crippen LogP contribution in [0.2, 0.25) is 0 Å². The minimum Gasteiger partial charge on any atom is -0.342 e. The highest BCUT2D eigenvalue weighted by molar-refractivity contribution is 5.79. The number of amides is 1. The van der Waals surface area contributed by atoms with Crippen molar-refractivity contribution in [2.75, 3.05) is 20.1 Å². The van der Waals surface area contributed by atoms with Crippen LogP contribution in [0.3, 0.4) is 0 Å². The third-order valence-corrected chi connectivity index (χ3v) is 3.31. The summed E-state index contributed by atoms with van der Waals surface area (Å²) in [6.07, 6.45) is 5.89. The third kappa shape index (κ3) is 2.85. The van der Waals surface area contributed by atoms with Gasteiger partial charge in [0.1, 0.15) is 6.04 Å². The summed E-state index contributed by atoms with van der Waals surface area (Å²) in [7, 11) is 1.86. The molecular formula is C12H20N4O. The van der Waals surface area contributed by atoms with Gasteiger partial charge in [0, 0.05) is 32.0 Å². The van der Waals surface area contributed by atoms with Crippen LogP contribution in [-0.4, -0.2) is 46.8 Å². The molecule has 0 aliphatic carbocycles. The Kier molecular flexibility index (Phi) is 3.78. The van der Waals surface area contributed by atoms with Crippen molar-refractivity contribution < 1.29 is 4.79 Å². The van der Waals surface area contributed by atoms with Gasteiger partial charge in [-0.25, -0.2) is 0 Å². The van der Waals surface area contributed by atoms with Crippen molar-refractivity contribution in [2.24, 2.45) is 0 Å². The van der Waals surface area contributed by atoms with Gasteiger partial charge in [0.25, 0.3) is 0 Å². The molecule has 1 saturated heterocycles. The normalized spacial score (nSPS) is 21.4. The topological polar surface area (TPSA) is 50.2 Å². The fourth-order valence-electron chi connectivity index (χ4n) is 2.27. The molecule has 2 atom stereocenters. The van der Waals surface area contributed by atoms with Crippen LogP contribution < -0.4 is 5.32 Å². The molecular weight excluding hydrogens is 216 g/mol. The Balaban J connectivity index is 1.90. The largest absolute Gasteiger partial charge is 0.342 e. The molecule has 2 rings (SSSR count). The summed E-state index contributed by atoms with van der Waals surface area (Å²) < 4.78 is 1.70. The van der Waals surface area contributed by atoms with E-state index in [1.807, 2.05) is 26.2 Å². The van der Waals surface area contributed by atoms with Crippen LogP contribution >= 0.6 is 0 Å². The number of aromatic nitrogens is 2. The molecule has 1 aliphatic rings. The Morgan fingerprint density at radius 3 is 3.12 bits per heavy atom. The smallest absolute Gasteiger partial charge is 0.246 e. The second kappa shape index (κ2) is 5.31. The van der Waals surface area contributed by atoms with Crippen molar-refractivity contribution in [1.29, 1.82) is 0 Å². The van der Waals surface area contributed by atoms with E-state index >= 15 is 0 Å². The zero-order valence-corrected chi connectivity index (χ0v) is 10.5. The zero-order valence-electron chi connectivity index (χ0n) is 10.5. The van der Waals surface area contributed by atoms with E-state index in [2.05, 4.69) is 10.4 Å². The molecule has 0 bridgehead atoms. The molecule has 0 saturated carbocycles. The Morgan fingerprint density at radius 2 is 2.53 bits per heavy atom. The first kappa shape index (κ1) is 12.1. The van der Waals surface area contributed by atoms with E-state index in [-0.39, 0.29) is 11.9 Å². The quantitative estimate of drug-likeness (QED) is 0.835. The minimum absolute atomic E-state index is 0.113. The Bertz CT molecular complexity index is 357. The molecule has 94 valence electrons. The third-order valence-electron chi connectivity index (χ3n) is 3.31. The molecule has 0 aromatic carbocycles. The first-order valence-electron chi connectivity index (χ1n) is 6.16. The number of carbonyl (C=O) groups excluding carboxylic acids is 1. The molecule has 17 heavy (non-hydrogen) atoms. The number of hydrogen-bond acceptors (Lipinski definition) is 3. The van der Waals surface area contributed by atoms with Gasteiger partial charge in [-0.1, -0.05) is 0 Å². The summed E-state index contributed by atoms with van der Waals surface area (Å²) in [4.78, 5) is 14.0. The maximum absolute atomic E-state index is 12.2. The summed E-state index contributed by atoms with van der Waals surface area (Å²) in [6, 6.07) is 2.06. The van der Waals surface area contributed by atoms with Crippen LogP contribution in [0.25, 0.3) is 0 Å². The summed E-state index contributed by atoms with van der Waals surface area (Å²) >= 11 is 0. The van der Waals surface area contributed by atoms with Crippen LogP contribution in [0, 0.1) is 0 Å². The molecule has 1 fully saturated rings. The highest BCUT2D eigenvalue weighted by Gasteiger charge is 2.23. The highest BCUT2D eigenvalue weighted by atomic mass is 16.2. The van der Waals surface area contributed by atoms with Crippen LogP contribution in [0.4, 0.5) is 0 Å². The summed E-state index contributed by atoms with van der Waals surface area (Å²) in [5.74, 6) is 0.113. The van der Waals surface area contributed by atoms with Crippen molar-refractivity contribution in [1.82, 2.24) is 20.0 Å². The average Bonchev–Trinajstić information content (AvgIpc) is 2.99. The lowest BCUT2D eigenvalue weighted by molar-refractivity contribution is -0.133. The van der Waals surface area contributed by atoms with Crippen molar-refractivity contribution in [3.63, 3.8) is 0 Å².